The van der Waals surface area contributed by atoms with E-state index in [9.17, 15) is 9.59 Å². The molecule has 0 N–H and O–H groups in total. The van der Waals surface area contributed by atoms with Gasteiger partial charge in [0.2, 0.25) is 0 Å². The molecule has 3 rings (SSSR count). The van der Waals surface area contributed by atoms with Gasteiger partial charge >= 0.3 is 5.97 Å². The fraction of sp³-hybridized carbons (Fsp3) is 0.300. The van der Waals surface area contributed by atoms with Crippen LogP contribution in [0, 0.1) is 6.92 Å². The zero-order valence-electron chi connectivity index (χ0n) is 15.0. The number of ether oxygens (including phenoxy) is 2. The quantitative estimate of drug-likeness (QED) is 0.566. The van der Waals surface area contributed by atoms with Crippen LogP contribution in [-0.4, -0.2) is 31.6 Å². The second-order valence-corrected chi connectivity index (χ2v) is 8.09. The molecule has 1 heterocycles. The van der Waals surface area contributed by atoms with Gasteiger partial charge in [-0.2, -0.15) is 0 Å². The van der Waals surface area contributed by atoms with Crippen LogP contribution in [0.2, 0.25) is 0 Å². The molecule has 1 aliphatic rings. The van der Waals surface area contributed by atoms with Crippen molar-refractivity contribution < 1.29 is 19.1 Å². The number of hydrogen-bond donors (Lipinski definition) is 0. The smallest absolute Gasteiger partial charge is 0.307 e. The highest BCUT2D eigenvalue weighted by Crippen LogP contribution is 2.32. The Morgan fingerprint density at radius 3 is 2.63 bits per heavy atom. The number of rotatable bonds is 4. The molecule has 7 heteroatoms. The third-order valence-electron chi connectivity index (χ3n) is 4.53. The summed E-state index contributed by atoms with van der Waals surface area (Å²) in [6.07, 6.45) is 0.766. The summed E-state index contributed by atoms with van der Waals surface area (Å²) in [6.45, 7) is 2.24. The monoisotopic (exact) mass is 495 g/mol. The molecular weight excluding hydrogens is 478 g/mol. The van der Waals surface area contributed by atoms with Gasteiger partial charge in [0.15, 0.2) is 0 Å². The second-order valence-electron chi connectivity index (χ2n) is 6.32. The Morgan fingerprint density at radius 2 is 2.00 bits per heavy atom. The molecule has 0 saturated carbocycles. The minimum atomic E-state index is -0.287. The third-order valence-corrected chi connectivity index (χ3v) is 5.67. The van der Waals surface area contributed by atoms with Crippen molar-refractivity contribution in [1.29, 1.82) is 0 Å². The zero-order valence-corrected chi connectivity index (χ0v) is 18.2. The van der Waals surface area contributed by atoms with E-state index in [-0.39, 0.29) is 24.3 Å². The number of methoxy groups -OCH3 is 1. The molecule has 27 heavy (non-hydrogen) atoms. The third kappa shape index (κ3) is 4.35. The summed E-state index contributed by atoms with van der Waals surface area (Å²) in [5.41, 5.74) is 2.19. The largest absolute Gasteiger partial charge is 0.497 e. The van der Waals surface area contributed by atoms with Crippen LogP contribution in [-0.2, 0) is 9.53 Å². The summed E-state index contributed by atoms with van der Waals surface area (Å²) < 4.78 is 11.9. The molecule has 0 radical (unpaired) electrons. The zero-order chi connectivity index (χ0) is 19.6. The van der Waals surface area contributed by atoms with Gasteiger partial charge in [-0.05, 0) is 64.8 Å². The lowest BCUT2D eigenvalue weighted by molar-refractivity contribution is -0.147. The molecule has 1 aliphatic heterocycles. The van der Waals surface area contributed by atoms with Crippen LogP contribution in [0.25, 0.3) is 0 Å². The van der Waals surface area contributed by atoms with Crippen molar-refractivity contribution in [3.05, 3.63) is 56.5 Å². The minimum absolute atomic E-state index is 0.164. The van der Waals surface area contributed by atoms with E-state index in [1.807, 2.05) is 37.3 Å². The van der Waals surface area contributed by atoms with Crippen LogP contribution < -0.4 is 9.64 Å². The van der Waals surface area contributed by atoms with E-state index in [1.54, 1.807) is 18.1 Å². The molecule has 0 spiro atoms. The molecule has 1 atom stereocenters. The van der Waals surface area contributed by atoms with Gasteiger partial charge in [-0.3, -0.25) is 9.59 Å². The fourth-order valence-electron chi connectivity index (χ4n) is 3.17. The van der Waals surface area contributed by atoms with Crippen molar-refractivity contribution in [2.45, 2.75) is 25.8 Å². The van der Waals surface area contributed by atoms with Crippen molar-refractivity contribution in [2.24, 2.45) is 0 Å². The summed E-state index contributed by atoms with van der Waals surface area (Å²) in [5, 5.41) is 0. The Kier molecular flexibility index (Phi) is 6.22. The number of esters is 1. The number of halogens is 2. The van der Waals surface area contributed by atoms with Crippen molar-refractivity contribution in [3.63, 3.8) is 0 Å². The first-order valence-electron chi connectivity index (χ1n) is 8.49. The highest BCUT2D eigenvalue weighted by Gasteiger charge is 2.33. The molecule has 2 aromatic carbocycles. The summed E-state index contributed by atoms with van der Waals surface area (Å²) >= 11 is 6.89. The average Bonchev–Trinajstić information content (AvgIpc) is 2.63. The van der Waals surface area contributed by atoms with Crippen molar-refractivity contribution in [2.75, 3.05) is 18.6 Å². The first-order valence-corrected chi connectivity index (χ1v) is 10.1. The van der Waals surface area contributed by atoms with E-state index in [1.165, 1.54) is 0 Å². The van der Waals surface area contributed by atoms with E-state index < -0.39 is 0 Å². The number of aryl methyl sites for hydroxylation is 1. The standard InChI is InChI=1S/C20H19Br2NO4/c1-12-9-15(26-2)4-6-18(12)23(14-7-8-27-19(24)11-14)20(25)16-5-3-13(21)10-17(16)22/h3-6,9-10,14H,7-8,11H2,1-2H3. The average molecular weight is 497 g/mol. The molecule has 0 aliphatic carbocycles. The van der Waals surface area contributed by atoms with Gasteiger partial charge in [-0.15, -0.1) is 0 Å². The minimum Gasteiger partial charge on any atom is -0.497 e. The van der Waals surface area contributed by atoms with E-state index in [2.05, 4.69) is 31.9 Å². The lowest BCUT2D eigenvalue weighted by atomic mass is 10.0. The van der Waals surface area contributed by atoms with Crippen LogP contribution in [0.1, 0.15) is 28.8 Å². The number of anilines is 1. The number of cyclic esters (lactones) is 1. The maximum absolute atomic E-state index is 13.5. The van der Waals surface area contributed by atoms with Gasteiger partial charge in [0.05, 0.1) is 31.7 Å². The molecule has 1 saturated heterocycles. The Morgan fingerprint density at radius 1 is 1.22 bits per heavy atom. The van der Waals surface area contributed by atoms with Gasteiger partial charge in [0.1, 0.15) is 5.75 Å². The maximum atomic E-state index is 13.5. The highest BCUT2D eigenvalue weighted by atomic mass is 79.9. The summed E-state index contributed by atoms with van der Waals surface area (Å²) in [5.74, 6) is 0.268. The Balaban J connectivity index is 2.07. The number of hydrogen-bond acceptors (Lipinski definition) is 4. The van der Waals surface area contributed by atoms with Crippen molar-refractivity contribution >= 4 is 49.4 Å². The molecule has 1 unspecified atom stereocenters. The van der Waals surface area contributed by atoms with Crippen LogP contribution in [0.4, 0.5) is 5.69 Å². The SMILES string of the molecule is COc1ccc(N(C(=O)c2ccc(Br)cc2Br)C2CCOC(=O)C2)c(C)c1. The molecule has 142 valence electrons. The number of nitrogens with zero attached hydrogens (tertiary/aromatic N) is 1. The Bertz CT molecular complexity index is 884. The number of amides is 1. The lowest BCUT2D eigenvalue weighted by Crippen LogP contribution is -2.45. The lowest BCUT2D eigenvalue weighted by Gasteiger charge is -2.35. The first-order chi connectivity index (χ1) is 12.9. The van der Waals surface area contributed by atoms with Crippen LogP contribution in [0.3, 0.4) is 0 Å². The Labute approximate surface area is 174 Å². The Hall–Kier alpha value is -1.86. The van der Waals surface area contributed by atoms with Gasteiger partial charge in [0.25, 0.3) is 5.91 Å². The molecular formula is C20H19Br2NO4. The topological polar surface area (TPSA) is 55.8 Å². The van der Waals surface area contributed by atoms with E-state index in [0.717, 1.165) is 21.5 Å². The van der Waals surface area contributed by atoms with E-state index in [0.29, 0.717) is 23.1 Å². The second kappa shape index (κ2) is 8.44. The molecule has 5 nitrogen and oxygen atoms in total. The number of carbonyl (C=O) groups excluding carboxylic acids is 2. The van der Waals surface area contributed by atoms with Crippen molar-refractivity contribution in [3.8, 4) is 5.75 Å². The number of carbonyl (C=O) groups is 2. The molecule has 0 bridgehead atoms. The predicted octanol–water partition coefficient (Wildman–Crippen LogP) is 4.88. The van der Waals surface area contributed by atoms with Gasteiger partial charge in [-0.25, -0.2) is 0 Å². The summed E-state index contributed by atoms with van der Waals surface area (Å²) in [6, 6.07) is 10.7. The van der Waals surface area contributed by atoms with Crippen molar-refractivity contribution in [1.82, 2.24) is 0 Å². The molecule has 2 aromatic rings. The van der Waals surface area contributed by atoms with Gasteiger partial charge < -0.3 is 14.4 Å². The predicted molar refractivity (Wildman–Crippen MR) is 110 cm³/mol. The van der Waals surface area contributed by atoms with Crippen LogP contribution in [0.5, 0.6) is 5.75 Å². The number of benzene rings is 2. The van der Waals surface area contributed by atoms with E-state index >= 15 is 0 Å². The van der Waals surface area contributed by atoms with Crippen LogP contribution >= 0.6 is 31.9 Å². The fourth-order valence-corrected chi connectivity index (χ4v) is 4.39. The summed E-state index contributed by atoms with van der Waals surface area (Å²) in [7, 11) is 1.60. The normalized spacial score (nSPS) is 16.6. The van der Waals surface area contributed by atoms with Gasteiger partial charge in [0, 0.05) is 21.1 Å². The molecule has 1 amide bonds. The highest BCUT2D eigenvalue weighted by molar-refractivity contribution is 9.11. The first kappa shape index (κ1) is 19.9. The van der Waals surface area contributed by atoms with Gasteiger partial charge in [-0.1, -0.05) is 15.9 Å². The maximum Gasteiger partial charge on any atom is 0.307 e. The molecule has 0 aromatic heterocycles. The van der Waals surface area contributed by atoms with E-state index in [4.69, 9.17) is 9.47 Å². The molecule has 1 fully saturated rings. The van der Waals surface area contributed by atoms with Crippen LogP contribution in [0.15, 0.2) is 45.3 Å². The summed E-state index contributed by atoms with van der Waals surface area (Å²) in [4.78, 5) is 27.1.